The molecule has 0 heterocycles. The van der Waals surface area contributed by atoms with Crippen molar-refractivity contribution in [3.8, 4) is 0 Å². The second-order valence-corrected chi connectivity index (χ2v) is 10.0. The van der Waals surface area contributed by atoms with E-state index in [4.69, 9.17) is 16.9 Å². The number of likely N-dealkylation sites (N-methyl/N-ethyl adjacent to an activating group) is 1. The van der Waals surface area contributed by atoms with E-state index in [1.807, 2.05) is 6.29 Å². The second-order valence-electron chi connectivity index (χ2n) is 10.0. The van der Waals surface area contributed by atoms with Crippen LogP contribution in [0.4, 0.5) is 0 Å². The van der Waals surface area contributed by atoms with Crippen molar-refractivity contribution in [1.29, 1.82) is 5.41 Å². The minimum absolute atomic E-state index is 0.0308. The molecule has 0 bridgehead atoms. The van der Waals surface area contributed by atoms with E-state index < -0.39 is 66.7 Å². The first-order chi connectivity index (χ1) is 19.8. The lowest BCUT2D eigenvalue weighted by molar-refractivity contribution is -0.141. The van der Waals surface area contributed by atoms with Gasteiger partial charge >= 0.3 is 5.97 Å². The molecule has 0 aliphatic heterocycles. The third kappa shape index (κ3) is 12.8. The van der Waals surface area contributed by atoms with Gasteiger partial charge in [-0.3, -0.25) is 34.2 Å². The fourth-order valence-corrected chi connectivity index (χ4v) is 3.97. The van der Waals surface area contributed by atoms with E-state index in [-0.39, 0.29) is 24.7 Å². The summed E-state index contributed by atoms with van der Waals surface area (Å²) in [6, 6.07) is 4.13. The van der Waals surface area contributed by atoms with Crippen LogP contribution in [-0.2, 0) is 35.2 Å². The zero-order valence-electron chi connectivity index (χ0n) is 24.0. The van der Waals surface area contributed by atoms with Crippen LogP contribution < -0.4 is 32.7 Å². The minimum Gasteiger partial charge on any atom is -0.481 e. The Morgan fingerprint density at radius 3 is 2.21 bits per heavy atom. The summed E-state index contributed by atoms with van der Waals surface area (Å²) in [5.74, 6) is -4.90. The molecule has 1 aromatic carbocycles. The number of benzene rings is 1. The molecule has 15 nitrogen and oxygen atoms in total. The summed E-state index contributed by atoms with van der Waals surface area (Å²) < 4.78 is 0. The molecule has 0 aliphatic carbocycles. The molecule has 231 valence electrons. The van der Waals surface area contributed by atoms with Crippen LogP contribution in [0.25, 0.3) is 0 Å². The molecule has 42 heavy (non-hydrogen) atoms. The Bertz CT molecular complexity index is 1100. The number of hydrogen-bond donors (Lipinski definition) is 8. The van der Waals surface area contributed by atoms with Crippen LogP contribution in [0.2, 0.25) is 0 Å². The lowest BCUT2D eigenvalue weighted by Gasteiger charge is -2.31. The van der Waals surface area contributed by atoms with Crippen molar-refractivity contribution in [1.82, 2.24) is 26.2 Å². The van der Waals surface area contributed by atoms with Gasteiger partial charge in [0.1, 0.15) is 18.1 Å². The minimum atomic E-state index is -1.58. The first-order valence-corrected chi connectivity index (χ1v) is 13.4. The number of nitrogens with two attached hydrogens (primary N) is 2. The van der Waals surface area contributed by atoms with Crippen molar-refractivity contribution in [2.75, 3.05) is 20.1 Å². The lowest BCUT2D eigenvalue weighted by atomic mass is 10.0. The zero-order valence-corrected chi connectivity index (χ0v) is 24.0. The summed E-state index contributed by atoms with van der Waals surface area (Å²) in [5.41, 5.74) is 11.7. The monoisotopic (exact) mass is 589 g/mol. The van der Waals surface area contributed by atoms with E-state index in [0.29, 0.717) is 18.5 Å². The Kier molecular flexibility index (Phi) is 15.2. The number of carbonyl (C=O) groups excluding carboxylic acids is 5. The first kappa shape index (κ1) is 35.5. The normalized spacial score (nSPS) is 13.5. The van der Waals surface area contributed by atoms with Gasteiger partial charge in [0.25, 0.3) is 0 Å². The molecule has 0 aromatic heterocycles. The predicted octanol–water partition coefficient (Wildman–Crippen LogP) is -2.03. The Balaban J connectivity index is 2.94. The number of rotatable bonds is 18. The molecule has 1 aromatic rings. The number of carboxylic acid groups (broad SMARTS) is 1. The predicted molar refractivity (Wildman–Crippen MR) is 153 cm³/mol. The van der Waals surface area contributed by atoms with Crippen LogP contribution in [0.5, 0.6) is 0 Å². The number of carbonyl (C=O) groups is 5. The van der Waals surface area contributed by atoms with Crippen LogP contribution in [0, 0.1) is 11.3 Å². The Hall–Kier alpha value is -4.53. The first-order valence-electron chi connectivity index (χ1n) is 13.4. The fourth-order valence-electron chi connectivity index (χ4n) is 3.97. The molecular weight excluding hydrogens is 548 g/mol. The van der Waals surface area contributed by atoms with Gasteiger partial charge in [-0.1, -0.05) is 44.2 Å². The maximum absolute atomic E-state index is 13.4. The number of nitrogens with zero attached hydrogens (tertiary/aromatic N) is 1. The van der Waals surface area contributed by atoms with E-state index in [1.54, 1.807) is 44.2 Å². The molecule has 1 rings (SSSR count). The fraction of sp³-hybridized carbons (Fsp3) is 0.519. The molecule has 4 atom stereocenters. The quantitative estimate of drug-likeness (QED) is 0.0530. The average molecular weight is 590 g/mol. The highest BCUT2D eigenvalue weighted by molar-refractivity contribution is 5.95. The number of guanidine groups is 1. The van der Waals surface area contributed by atoms with E-state index in [9.17, 15) is 33.9 Å². The van der Waals surface area contributed by atoms with Gasteiger partial charge in [-0.25, -0.2) is 0 Å². The van der Waals surface area contributed by atoms with Gasteiger partial charge in [0.15, 0.2) is 5.96 Å². The van der Waals surface area contributed by atoms with Gasteiger partial charge in [0, 0.05) is 20.0 Å². The van der Waals surface area contributed by atoms with E-state index in [0.717, 1.165) is 0 Å². The lowest BCUT2D eigenvalue weighted by Crippen LogP contribution is -2.57. The van der Waals surface area contributed by atoms with Crippen LogP contribution in [0.3, 0.4) is 0 Å². The summed E-state index contributed by atoms with van der Waals surface area (Å²) in [6.07, 6.45) is 1.73. The Morgan fingerprint density at radius 2 is 1.67 bits per heavy atom. The van der Waals surface area contributed by atoms with Crippen LogP contribution in [0.15, 0.2) is 30.3 Å². The topological polar surface area (TPSA) is 250 Å². The molecule has 0 fully saturated rings. The van der Waals surface area contributed by atoms with E-state index in [1.165, 1.54) is 11.9 Å². The highest BCUT2D eigenvalue weighted by Crippen LogP contribution is 2.12. The SMILES string of the molecule is CC(C)[C@@H]([C]=O)N(C)C(=O)[C@@H](Cc1ccccc1)NC(=O)[C@@H](CC(=O)O)NC(=O)CNC(=O)[C@H](N)CCCNC(=N)N. The zero-order chi connectivity index (χ0) is 31.8. The van der Waals surface area contributed by atoms with Crippen molar-refractivity contribution in [3.05, 3.63) is 35.9 Å². The highest BCUT2D eigenvalue weighted by Gasteiger charge is 2.33. The summed E-state index contributed by atoms with van der Waals surface area (Å²) >= 11 is 0. The Morgan fingerprint density at radius 1 is 1.02 bits per heavy atom. The van der Waals surface area contributed by atoms with Crippen molar-refractivity contribution in [3.63, 3.8) is 0 Å². The van der Waals surface area contributed by atoms with Crippen LogP contribution >= 0.6 is 0 Å². The Labute approximate surface area is 244 Å². The van der Waals surface area contributed by atoms with Crippen molar-refractivity contribution in [2.45, 2.75) is 63.7 Å². The van der Waals surface area contributed by atoms with Gasteiger partial charge in [-0.2, -0.15) is 0 Å². The van der Waals surface area contributed by atoms with Crippen molar-refractivity contribution in [2.24, 2.45) is 17.4 Å². The van der Waals surface area contributed by atoms with E-state index >= 15 is 0 Å². The van der Waals surface area contributed by atoms with Crippen molar-refractivity contribution >= 4 is 41.8 Å². The standard InChI is InChI=1S/C27H41N8O7/c1-16(2)21(15-36)35(3)26(42)20(12-17-8-5-4-6-9-17)34-25(41)19(13-23(38)39)33-22(37)14-32-24(40)18(28)10-7-11-31-27(29)30/h4-6,8-9,16,18-21H,7,10-14,28H2,1-3H3,(H,32,40)(H,33,37)(H,34,41)(H,38,39)(H4,29,30,31)/t18-,19-,20-,21-/m1/s1. The molecule has 10 N–H and O–H groups in total. The molecule has 4 amide bonds. The molecular formula is C27H41N8O7. The molecule has 15 heteroatoms. The van der Waals surface area contributed by atoms with Gasteiger partial charge in [0.05, 0.1) is 19.0 Å². The smallest absolute Gasteiger partial charge is 0.305 e. The number of amides is 4. The summed E-state index contributed by atoms with van der Waals surface area (Å²) in [7, 11) is 1.41. The molecule has 0 spiro atoms. The summed E-state index contributed by atoms with van der Waals surface area (Å²) in [4.78, 5) is 75.5. The maximum Gasteiger partial charge on any atom is 0.305 e. The number of hydrogen-bond acceptors (Lipinski definition) is 8. The van der Waals surface area contributed by atoms with Crippen LogP contribution in [0.1, 0.15) is 38.7 Å². The molecule has 0 saturated heterocycles. The van der Waals surface area contributed by atoms with Gasteiger partial charge < -0.3 is 42.7 Å². The summed E-state index contributed by atoms with van der Waals surface area (Å²) in [5, 5.41) is 26.1. The average Bonchev–Trinajstić information content (AvgIpc) is 2.93. The van der Waals surface area contributed by atoms with E-state index in [2.05, 4.69) is 21.3 Å². The number of carboxylic acids is 1. The molecule has 0 aliphatic rings. The van der Waals surface area contributed by atoms with Gasteiger partial charge in [0.2, 0.25) is 29.9 Å². The number of aliphatic carboxylic acids is 1. The second kappa shape index (κ2) is 18.0. The highest BCUT2D eigenvalue weighted by atomic mass is 16.4. The molecule has 0 saturated carbocycles. The molecule has 1 radical (unpaired) electrons. The third-order valence-electron chi connectivity index (χ3n) is 6.21. The molecule has 0 unspecified atom stereocenters. The van der Waals surface area contributed by atoms with Crippen LogP contribution in [-0.4, -0.2) is 96.2 Å². The van der Waals surface area contributed by atoms with Gasteiger partial charge in [-0.05, 0) is 24.3 Å². The summed E-state index contributed by atoms with van der Waals surface area (Å²) in [6.45, 7) is 3.22. The largest absolute Gasteiger partial charge is 0.481 e. The number of nitrogens with one attached hydrogen (secondary N) is 5. The van der Waals surface area contributed by atoms with Gasteiger partial charge in [-0.15, -0.1) is 0 Å². The maximum atomic E-state index is 13.4. The van der Waals surface area contributed by atoms with Crippen molar-refractivity contribution < 1.29 is 33.9 Å². The third-order valence-corrected chi connectivity index (χ3v) is 6.21.